The van der Waals surface area contributed by atoms with Gasteiger partial charge < -0.3 is 20.7 Å². The Bertz CT molecular complexity index is 426. The minimum atomic E-state index is -0.355. The van der Waals surface area contributed by atoms with Crippen LogP contribution in [0.5, 0.6) is 0 Å². The number of benzene rings is 1. The van der Waals surface area contributed by atoms with E-state index in [0.717, 1.165) is 0 Å². The molecule has 0 heterocycles. The lowest BCUT2D eigenvalue weighted by atomic mass is 10.1. The fourth-order valence-electron chi connectivity index (χ4n) is 1.76. The van der Waals surface area contributed by atoms with E-state index in [2.05, 4.69) is 5.32 Å². The standard InChI is InChI=1S/C13H20FN3O2/c1-17(9-13(18)16-6-7-19-2)12-5-3-4-11(14)10(12)8-15/h3-5H,6-9,15H2,1-2H3,(H,16,18). The molecule has 0 bridgehead atoms. The first kappa shape index (κ1) is 15.4. The number of nitrogens with one attached hydrogen (secondary N) is 1. The second-order valence-electron chi connectivity index (χ2n) is 4.14. The summed E-state index contributed by atoms with van der Waals surface area (Å²) in [5.41, 5.74) is 6.58. The highest BCUT2D eigenvalue weighted by Gasteiger charge is 2.13. The normalized spacial score (nSPS) is 10.3. The Kier molecular flexibility index (Phi) is 6.24. The van der Waals surface area contributed by atoms with E-state index in [9.17, 15) is 9.18 Å². The highest BCUT2D eigenvalue weighted by molar-refractivity contribution is 5.81. The number of nitrogens with zero attached hydrogens (tertiary/aromatic N) is 1. The largest absolute Gasteiger partial charge is 0.383 e. The van der Waals surface area contributed by atoms with E-state index < -0.39 is 0 Å². The molecule has 0 atom stereocenters. The molecule has 19 heavy (non-hydrogen) atoms. The van der Waals surface area contributed by atoms with Gasteiger partial charge in [0.25, 0.3) is 0 Å². The van der Waals surface area contributed by atoms with Gasteiger partial charge in [0.2, 0.25) is 5.91 Å². The molecule has 1 amide bonds. The summed E-state index contributed by atoms with van der Waals surface area (Å²) in [7, 11) is 3.29. The van der Waals surface area contributed by atoms with Crippen molar-refractivity contribution in [2.45, 2.75) is 6.54 Å². The van der Waals surface area contributed by atoms with Crippen molar-refractivity contribution in [2.75, 3.05) is 38.8 Å². The Morgan fingerprint density at radius 3 is 2.89 bits per heavy atom. The average Bonchev–Trinajstić information content (AvgIpc) is 2.38. The molecule has 0 aromatic heterocycles. The number of nitrogens with two attached hydrogens (primary N) is 1. The molecule has 5 nitrogen and oxygen atoms in total. The quantitative estimate of drug-likeness (QED) is 0.707. The number of methoxy groups -OCH3 is 1. The van der Waals surface area contributed by atoms with Crippen LogP contribution >= 0.6 is 0 Å². The number of carbonyl (C=O) groups excluding carboxylic acids is 1. The first-order chi connectivity index (χ1) is 9.10. The summed E-state index contributed by atoms with van der Waals surface area (Å²) < 4.78 is 18.4. The number of amides is 1. The van der Waals surface area contributed by atoms with Gasteiger partial charge in [0.1, 0.15) is 5.82 Å². The Balaban J connectivity index is 2.65. The summed E-state index contributed by atoms with van der Waals surface area (Å²) in [4.78, 5) is 13.3. The molecule has 0 radical (unpaired) electrons. The van der Waals surface area contributed by atoms with Gasteiger partial charge in [-0.3, -0.25) is 4.79 Å². The molecular weight excluding hydrogens is 249 g/mol. The van der Waals surface area contributed by atoms with E-state index in [4.69, 9.17) is 10.5 Å². The molecule has 0 saturated heterocycles. The second kappa shape index (κ2) is 7.70. The summed E-state index contributed by atoms with van der Waals surface area (Å²) in [5.74, 6) is -0.501. The van der Waals surface area contributed by atoms with Crippen molar-refractivity contribution in [2.24, 2.45) is 5.73 Å². The van der Waals surface area contributed by atoms with Gasteiger partial charge in [-0.05, 0) is 12.1 Å². The first-order valence-electron chi connectivity index (χ1n) is 6.04. The minimum Gasteiger partial charge on any atom is -0.383 e. The monoisotopic (exact) mass is 269 g/mol. The molecule has 3 N–H and O–H groups in total. The highest BCUT2D eigenvalue weighted by atomic mass is 19.1. The number of carbonyl (C=O) groups is 1. The zero-order chi connectivity index (χ0) is 14.3. The van der Waals surface area contributed by atoms with Crippen LogP contribution < -0.4 is 16.0 Å². The van der Waals surface area contributed by atoms with Gasteiger partial charge in [-0.15, -0.1) is 0 Å². The number of ether oxygens (including phenoxy) is 1. The van der Waals surface area contributed by atoms with Crippen LogP contribution in [0.4, 0.5) is 10.1 Å². The number of hydrogen-bond acceptors (Lipinski definition) is 4. The van der Waals surface area contributed by atoms with Crippen molar-refractivity contribution in [3.63, 3.8) is 0 Å². The highest BCUT2D eigenvalue weighted by Crippen LogP contribution is 2.21. The number of anilines is 1. The maximum Gasteiger partial charge on any atom is 0.239 e. The van der Waals surface area contributed by atoms with E-state index in [-0.39, 0.29) is 24.8 Å². The van der Waals surface area contributed by atoms with E-state index in [1.54, 1.807) is 31.2 Å². The number of rotatable bonds is 7. The second-order valence-corrected chi connectivity index (χ2v) is 4.14. The summed E-state index contributed by atoms with van der Waals surface area (Å²) in [6.45, 7) is 1.15. The van der Waals surface area contributed by atoms with Crippen LogP contribution in [0.15, 0.2) is 18.2 Å². The van der Waals surface area contributed by atoms with Crippen molar-refractivity contribution in [3.05, 3.63) is 29.6 Å². The predicted octanol–water partition coefficient (Wildman–Crippen LogP) is 0.483. The lowest BCUT2D eigenvalue weighted by Crippen LogP contribution is -2.37. The topological polar surface area (TPSA) is 67.6 Å². The summed E-state index contributed by atoms with van der Waals surface area (Å²) in [6.07, 6.45) is 0. The average molecular weight is 269 g/mol. The number of hydrogen-bond donors (Lipinski definition) is 2. The van der Waals surface area contributed by atoms with Crippen LogP contribution in [0, 0.1) is 5.82 Å². The van der Waals surface area contributed by atoms with Crippen LogP contribution in [0.2, 0.25) is 0 Å². The third kappa shape index (κ3) is 4.50. The number of likely N-dealkylation sites (N-methyl/N-ethyl adjacent to an activating group) is 1. The molecule has 0 aliphatic rings. The zero-order valence-electron chi connectivity index (χ0n) is 11.3. The Morgan fingerprint density at radius 2 is 2.26 bits per heavy atom. The zero-order valence-corrected chi connectivity index (χ0v) is 11.3. The maximum absolute atomic E-state index is 13.6. The molecule has 6 heteroatoms. The molecule has 0 fully saturated rings. The lowest BCUT2D eigenvalue weighted by Gasteiger charge is -2.21. The lowest BCUT2D eigenvalue weighted by molar-refractivity contribution is -0.119. The summed E-state index contributed by atoms with van der Waals surface area (Å²) >= 11 is 0. The van der Waals surface area contributed by atoms with Crippen molar-refractivity contribution < 1.29 is 13.9 Å². The van der Waals surface area contributed by atoms with Crippen LogP contribution in [0.1, 0.15) is 5.56 Å². The first-order valence-corrected chi connectivity index (χ1v) is 6.04. The molecule has 106 valence electrons. The summed E-state index contributed by atoms with van der Waals surface area (Å²) in [6, 6.07) is 4.70. The Labute approximate surface area is 112 Å². The number of halogens is 1. The predicted molar refractivity (Wildman–Crippen MR) is 72.4 cm³/mol. The van der Waals surface area contributed by atoms with Gasteiger partial charge >= 0.3 is 0 Å². The third-order valence-electron chi connectivity index (χ3n) is 2.72. The molecule has 1 aromatic rings. The van der Waals surface area contributed by atoms with Crippen LogP contribution in [0.3, 0.4) is 0 Å². The fourth-order valence-corrected chi connectivity index (χ4v) is 1.76. The molecular formula is C13H20FN3O2. The van der Waals surface area contributed by atoms with Crippen molar-refractivity contribution >= 4 is 11.6 Å². The van der Waals surface area contributed by atoms with Gasteiger partial charge in [0, 0.05) is 38.5 Å². The molecule has 0 unspecified atom stereocenters. The van der Waals surface area contributed by atoms with Crippen LogP contribution in [0.25, 0.3) is 0 Å². The van der Waals surface area contributed by atoms with E-state index in [1.165, 1.54) is 6.07 Å². The SMILES string of the molecule is COCCNC(=O)CN(C)c1cccc(F)c1CN. The van der Waals surface area contributed by atoms with Gasteiger partial charge in [-0.25, -0.2) is 4.39 Å². The maximum atomic E-state index is 13.6. The van der Waals surface area contributed by atoms with E-state index in [1.807, 2.05) is 0 Å². The van der Waals surface area contributed by atoms with E-state index >= 15 is 0 Å². The molecule has 0 aliphatic carbocycles. The van der Waals surface area contributed by atoms with Crippen molar-refractivity contribution in [1.29, 1.82) is 0 Å². The minimum absolute atomic E-state index is 0.0949. The molecule has 0 spiro atoms. The third-order valence-corrected chi connectivity index (χ3v) is 2.72. The van der Waals surface area contributed by atoms with Crippen molar-refractivity contribution in [1.82, 2.24) is 5.32 Å². The molecule has 1 rings (SSSR count). The van der Waals surface area contributed by atoms with E-state index in [0.29, 0.717) is 24.4 Å². The van der Waals surface area contributed by atoms with Crippen molar-refractivity contribution in [3.8, 4) is 0 Å². The Morgan fingerprint density at radius 1 is 1.53 bits per heavy atom. The van der Waals surface area contributed by atoms with Gasteiger partial charge in [0.15, 0.2) is 0 Å². The van der Waals surface area contributed by atoms with Crippen LogP contribution in [-0.4, -0.2) is 39.8 Å². The Hall–Kier alpha value is -1.66. The molecule has 1 aromatic carbocycles. The smallest absolute Gasteiger partial charge is 0.239 e. The molecule has 0 aliphatic heterocycles. The van der Waals surface area contributed by atoms with Gasteiger partial charge in [0.05, 0.1) is 13.2 Å². The summed E-state index contributed by atoms with van der Waals surface area (Å²) in [5, 5.41) is 2.71. The van der Waals surface area contributed by atoms with Gasteiger partial charge in [-0.2, -0.15) is 0 Å². The fraction of sp³-hybridized carbons (Fsp3) is 0.462. The van der Waals surface area contributed by atoms with Crippen LogP contribution in [-0.2, 0) is 16.1 Å². The van der Waals surface area contributed by atoms with Gasteiger partial charge in [-0.1, -0.05) is 6.07 Å². The molecule has 0 saturated carbocycles.